The third-order valence-corrected chi connectivity index (χ3v) is 2.78. The summed E-state index contributed by atoms with van der Waals surface area (Å²) in [4.78, 5) is 13.1. The van der Waals surface area contributed by atoms with E-state index in [9.17, 15) is 4.79 Å². The third kappa shape index (κ3) is 3.50. The molecule has 3 nitrogen and oxygen atoms in total. The molecule has 0 saturated carbocycles. The molecule has 0 aliphatic carbocycles. The van der Waals surface area contributed by atoms with E-state index in [4.69, 9.17) is 4.74 Å². The second kappa shape index (κ2) is 5.81. The molecule has 1 unspecified atom stereocenters. The molecule has 0 radical (unpaired) electrons. The van der Waals surface area contributed by atoms with Crippen LogP contribution in [0.15, 0.2) is 12.7 Å². The van der Waals surface area contributed by atoms with Gasteiger partial charge in [-0.15, -0.1) is 0 Å². The molecule has 0 spiro atoms. The van der Waals surface area contributed by atoms with Crippen LogP contribution in [0.5, 0.6) is 0 Å². The first kappa shape index (κ1) is 11.2. The van der Waals surface area contributed by atoms with Crippen LogP contribution in [0.4, 0.5) is 0 Å². The fourth-order valence-corrected chi connectivity index (χ4v) is 1.86. The van der Waals surface area contributed by atoms with E-state index < -0.39 is 0 Å². The summed E-state index contributed by atoms with van der Waals surface area (Å²) >= 11 is 0. The minimum absolute atomic E-state index is 0.316. The lowest BCUT2D eigenvalue weighted by Gasteiger charge is -2.32. The van der Waals surface area contributed by atoms with Crippen LogP contribution in [0, 0.1) is 0 Å². The van der Waals surface area contributed by atoms with Gasteiger partial charge in [-0.25, -0.2) is 4.79 Å². The van der Waals surface area contributed by atoms with Crippen molar-refractivity contribution in [2.45, 2.75) is 31.7 Å². The Balaban J connectivity index is 2.16. The lowest BCUT2D eigenvalue weighted by molar-refractivity contribution is -0.138. The zero-order valence-electron chi connectivity index (χ0n) is 8.87. The summed E-state index contributed by atoms with van der Waals surface area (Å²) < 4.78 is 4.96. The van der Waals surface area contributed by atoms with E-state index in [1.54, 1.807) is 0 Å². The van der Waals surface area contributed by atoms with Crippen LogP contribution in [0.25, 0.3) is 0 Å². The van der Waals surface area contributed by atoms with Gasteiger partial charge in [0.05, 0.1) is 6.61 Å². The predicted octanol–water partition coefficient (Wildman–Crippen LogP) is 1.59. The van der Waals surface area contributed by atoms with Gasteiger partial charge in [-0.3, -0.25) is 0 Å². The minimum atomic E-state index is -0.316. The summed E-state index contributed by atoms with van der Waals surface area (Å²) in [5.74, 6) is -0.316. The number of nitrogens with zero attached hydrogens (tertiary/aromatic N) is 1. The predicted molar refractivity (Wildman–Crippen MR) is 56.0 cm³/mol. The molecule has 0 aromatic carbocycles. The van der Waals surface area contributed by atoms with Crippen LogP contribution in [-0.4, -0.2) is 37.1 Å². The first-order chi connectivity index (χ1) is 6.74. The van der Waals surface area contributed by atoms with Crippen LogP contribution in [0.3, 0.4) is 0 Å². The number of carbonyl (C=O) groups is 1. The van der Waals surface area contributed by atoms with E-state index in [2.05, 4.69) is 18.5 Å². The first-order valence-electron chi connectivity index (χ1n) is 5.23. The monoisotopic (exact) mass is 197 g/mol. The molecule has 1 heterocycles. The average Bonchev–Trinajstić information content (AvgIpc) is 2.20. The van der Waals surface area contributed by atoms with Gasteiger partial charge in [0.15, 0.2) is 0 Å². The van der Waals surface area contributed by atoms with Gasteiger partial charge >= 0.3 is 5.97 Å². The van der Waals surface area contributed by atoms with Crippen molar-refractivity contribution >= 4 is 5.97 Å². The fraction of sp³-hybridized carbons (Fsp3) is 0.727. The molecule has 0 aromatic rings. The molecule has 0 aromatic heterocycles. The van der Waals surface area contributed by atoms with Crippen molar-refractivity contribution in [1.82, 2.24) is 4.90 Å². The second-order valence-electron chi connectivity index (χ2n) is 3.79. The number of rotatable bonds is 4. The van der Waals surface area contributed by atoms with Gasteiger partial charge in [-0.1, -0.05) is 13.0 Å². The highest BCUT2D eigenvalue weighted by molar-refractivity contribution is 5.81. The largest absolute Gasteiger partial charge is 0.462 e. The SMILES string of the molecule is C=CC(=O)OCCC1CCCCN1C. The normalized spacial score (nSPS) is 23.1. The summed E-state index contributed by atoms with van der Waals surface area (Å²) in [6, 6.07) is 0.585. The maximum atomic E-state index is 10.8. The zero-order valence-corrected chi connectivity index (χ0v) is 8.87. The van der Waals surface area contributed by atoms with Crippen molar-refractivity contribution in [2.24, 2.45) is 0 Å². The van der Waals surface area contributed by atoms with Crippen molar-refractivity contribution in [3.63, 3.8) is 0 Å². The van der Waals surface area contributed by atoms with Crippen molar-refractivity contribution in [2.75, 3.05) is 20.2 Å². The van der Waals surface area contributed by atoms with Crippen molar-refractivity contribution < 1.29 is 9.53 Å². The highest BCUT2D eigenvalue weighted by Crippen LogP contribution is 2.17. The van der Waals surface area contributed by atoms with E-state index in [1.165, 1.54) is 31.9 Å². The maximum Gasteiger partial charge on any atom is 0.330 e. The van der Waals surface area contributed by atoms with E-state index in [0.29, 0.717) is 12.6 Å². The number of likely N-dealkylation sites (tertiary alicyclic amines) is 1. The lowest BCUT2D eigenvalue weighted by Crippen LogP contribution is -2.37. The number of esters is 1. The Morgan fingerprint density at radius 3 is 3.07 bits per heavy atom. The van der Waals surface area contributed by atoms with Crippen LogP contribution in [-0.2, 0) is 9.53 Å². The molecule has 1 aliphatic rings. The van der Waals surface area contributed by atoms with Crippen LogP contribution < -0.4 is 0 Å². The van der Waals surface area contributed by atoms with Gasteiger partial charge in [0.25, 0.3) is 0 Å². The van der Waals surface area contributed by atoms with Gasteiger partial charge in [-0.2, -0.15) is 0 Å². The Morgan fingerprint density at radius 2 is 2.43 bits per heavy atom. The number of hydrogen-bond donors (Lipinski definition) is 0. The minimum Gasteiger partial charge on any atom is -0.462 e. The Labute approximate surface area is 85.7 Å². The third-order valence-electron chi connectivity index (χ3n) is 2.78. The summed E-state index contributed by atoms with van der Waals surface area (Å²) in [6.07, 6.45) is 5.96. The Morgan fingerprint density at radius 1 is 1.64 bits per heavy atom. The van der Waals surface area contributed by atoms with Gasteiger partial charge in [0.1, 0.15) is 0 Å². The highest BCUT2D eigenvalue weighted by atomic mass is 16.5. The molecule has 0 bridgehead atoms. The average molecular weight is 197 g/mol. The summed E-state index contributed by atoms with van der Waals surface area (Å²) in [7, 11) is 2.14. The summed E-state index contributed by atoms with van der Waals surface area (Å²) in [5, 5.41) is 0. The summed E-state index contributed by atoms with van der Waals surface area (Å²) in [6.45, 7) is 5.04. The molecule has 1 aliphatic heterocycles. The molecular weight excluding hydrogens is 178 g/mol. The Hall–Kier alpha value is -0.830. The van der Waals surface area contributed by atoms with Crippen molar-refractivity contribution in [3.05, 3.63) is 12.7 Å². The Bertz CT molecular complexity index is 203. The molecule has 1 fully saturated rings. The fourth-order valence-electron chi connectivity index (χ4n) is 1.86. The highest BCUT2D eigenvalue weighted by Gasteiger charge is 2.18. The molecule has 1 atom stereocenters. The molecular formula is C11H19NO2. The van der Waals surface area contributed by atoms with Crippen LogP contribution in [0.2, 0.25) is 0 Å². The number of piperidine rings is 1. The molecule has 14 heavy (non-hydrogen) atoms. The quantitative estimate of drug-likeness (QED) is 0.506. The Kier molecular flexibility index (Phi) is 4.66. The molecule has 1 rings (SSSR count). The zero-order chi connectivity index (χ0) is 10.4. The van der Waals surface area contributed by atoms with E-state index in [1.807, 2.05) is 0 Å². The van der Waals surface area contributed by atoms with Gasteiger partial charge < -0.3 is 9.64 Å². The van der Waals surface area contributed by atoms with Crippen LogP contribution in [0.1, 0.15) is 25.7 Å². The first-order valence-corrected chi connectivity index (χ1v) is 5.23. The number of hydrogen-bond acceptors (Lipinski definition) is 3. The maximum absolute atomic E-state index is 10.8. The molecule has 1 saturated heterocycles. The van der Waals surface area contributed by atoms with E-state index in [-0.39, 0.29) is 5.97 Å². The lowest BCUT2D eigenvalue weighted by atomic mass is 10.0. The number of ether oxygens (including phenoxy) is 1. The van der Waals surface area contributed by atoms with Crippen LogP contribution >= 0.6 is 0 Å². The van der Waals surface area contributed by atoms with Crippen molar-refractivity contribution in [1.29, 1.82) is 0 Å². The van der Waals surface area contributed by atoms with Gasteiger partial charge in [-0.05, 0) is 32.9 Å². The van der Waals surface area contributed by atoms with E-state index in [0.717, 1.165) is 6.42 Å². The molecule has 80 valence electrons. The topological polar surface area (TPSA) is 29.5 Å². The van der Waals surface area contributed by atoms with Crippen molar-refractivity contribution in [3.8, 4) is 0 Å². The van der Waals surface area contributed by atoms with Gasteiger partial charge in [0.2, 0.25) is 0 Å². The number of carbonyl (C=O) groups excluding carboxylic acids is 1. The van der Waals surface area contributed by atoms with Gasteiger partial charge in [0, 0.05) is 12.1 Å². The standard InChI is InChI=1S/C11H19NO2/c1-3-11(13)14-9-7-10-6-4-5-8-12(10)2/h3,10H,1,4-9H2,2H3. The molecule has 0 amide bonds. The second-order valence-corrected chi connectivity index (χ2v) is 3.79. The molecule has 0 N–H and O–H groups in total. The summed E-state index contributed by atoms with van der Waals surface area (Å²) in [5.41, 5.74) is 0. The smallest absolute Gasteiger partial charge is 0.330 e. The molecule has 3 heteroatoms. The van der Waals surface area contributed by atoms with E-state index >= 15 is 0 Å².